The van der Waals surface area contributed by atoms with E-state index in [0.717, 1.165) is 24.7 Å². The van der Waals surface area contributed by atoms with Crippen molar-refractivity contribution in [2.45, 2.75) is 53.8 Å². The quantitative estimate of drug-likeness (QED) is 0.383. The molecule has 3 heterocycles. The normalized spacial score (nSPS) is 22.2. The maximum Gasteiger partial charge on any atom is 0.254 e. The minimum absolute atomic E-state index is 0.0568. The van der Waals surface area contributed by atoms with E-state index < -0.39 is 11.6 Å². The summed E-state index contributed by atoms with van der Waals surface area (Å²) >= 11 is 3.53. The van der Waals surface area contributed by atoms with Crippen LogP contribution in [0.4, 0.5) is 8.78 Å². The highest BCUT2D eigenvalue weighted by molar-refractivity contribution is 8.00. The molecule has 2 aliphatic heterocycles. The van der Waals surface area contributed by atoms with Crippen molar-refractivity contribution < 1.29 is 18.3 Å². The molecular weight excluding hydrogens is 448 g/mol. The summed E-state index contributed by atoms with van der Waals surface area (Å²) in [6, 6.07) is 15.6. The molecule has 2 aromatic carbocycles. The maximum absolute atomic E-state index is 14.0. The first-order valence-electron chi connectivity index (χ1n) is 10.8. The van der Waals surface area contributed by atoms with E-state index in [1.165, 1.54) is 21.9 Å². The SMILES string of the molecule is O=C(c1ccc(CSc2cccs2)cc1)N1C2CCC1CC(Oc1ccc(F)cc1F)C2. The van der Waals surface area contributed by atoms with Gasteiger partial charge < -0.3 is 9.64 Å². The van der Waals surface area contributed by atoms with Crippen molar-refractivity contribution in [1.82, 2.24) is 4.90 Å². The first-order valence-corrected chi connectivity index (χ1v) is 12.6. The van der Waals surface area contributed by atoms with Crippen LogP contribution in [-0.4, -0.2) is 29.0 Å². The Morgan fingerprint density at radius 2 is 1.81 bits per heavy atom. The number of hydrogen-bond donors (Lipinski definition) is 0. The lowest BCUT2D eigenvalue weighted by Crippen LogP contribution is -2.49. The highest BCUT2D eigenvalue weighted by atomic mass is 32.2. The number of fused-ring (bicyclic) bond motifs is 2. The molecule has 0 radical (unpaired) electrons. The molecule has 0 spiro atoms. The monoisotopic (exact) mass is 471 g/mol. The Morgan fingerprint density at radius 1 is 1.06 bits per heavy atom. The molecule has 0 saturated carbocycles. The molecule has 2 atom stereocenters. The van der Waals surface area contributed by atoms with Gasteiger partial charge >= 0.3 is 0 Å². The van der Waals surface area contributed by atoms with E-state index in [4.69, 9.17) is 4.74 Å². The zero-order valence-corrected chi connectivity index (χ0v) is 19.0. The van der Waals surface area contributed by atoms with Crippen molar-refractivity contribution in [2.75, 3.05) is 0 Å². The molecule has 0 N–H and O–H groups in total. The van der Waals surface area contributed by atoms with E-state index in [9.17, 15) is 13.6 Å². The third kappa shape index (κ3) is 4.55. The number of hydrogen-bond acceptors (Lipinski definition) is 4. The molecule has 1 aromatic heterocycles. The van der Waals surface area contributed by atoms with E-state index in [-0.39, 0.29) is 29.8 Å². The van der Waals surface area contributed by atoms with Gasteiger partial charge in [-0.1, -0.05) is 18.2 Å². The van der Waals surface area contributed by atoms with Crippen LogP contribution >= 0.6 is 23.1 Å². The highest BCUT2D eigenvalue weighted by Crippen LogP contribution is 2.38. The number of thiophene rings is 1. The number of rotatable bonds is 6. The van der Waals surface area contributed by atoms with Crippen LogP contribution in [0.15, 0.2) is 64.2 Å². The Balaban J connectivity index is 1.21. The Bertz CT molecular complexity index is 1070. The Labute approximate surface area is 194 Å². The number of halogens is 2. The smallest absolute Gasteiger partial charge is 0.254 e. The fourth-order valence-corrected chi connectivity index (χ4v) is 6.44. The number of carbonyl (C=O) groups is 1. The van der Waals surface area contributed by atoms with Crippen LogP contribution in [0.2, 0.25) is 0 Å². The number of amides is 1. The molecule has 2 fully saturated rings. The van der Waals surface area contributed by atoms with Crippen LogP contribution in [0.1, 0.15) is 41.6 Å². The summed E-state index contributed by atoms with van der Waals surface area (Å²) in [4.78, 5) is 15.2. The lowest BCUT2D eigenvalue weighted by Gasteiger charge is -2.39. The van der Waals surface area contributed by atoms with Gasteiger partial charge in [0, 0.05) is 42.3 Å². The van der Waals surface area contributed by atoms with Crippen molar-refractivity contribution >= 4 is 29.0 Å². The van der Waals surface area contributed by atoms with Crippen LogP contribution in [-0.2, 0) is 5.75 Å². The van der Waals surface area contributed by atoms with E-state index in [1.807, 2.05) is 35.2 Å². The van der Waals surface area contributed by atoms with Gasteiger partial charge in [0.2, 0.25) is 0 Å². The molecular formula is C25H23F2NO2S2. The van der Waals surface area contributed by atoms with Gasteiger partial charge in [-0.2, -0.15) is 0 Å². The van der Waals surface area contributed by atoms with Crippen molar-refractivity contribution in [2.24, 2.45) is 0 Å². The zero-order chi connectivity index (χ0) is 22.1. The molecule has 166 valence electrons. The van der Waals surface area contributed by atoms with E-state index in [0.29, 0.717) is 18.4 Å². The molecule has 1 amide bonds. The Hall–Kier alpha value is -2.38. The second kappa shape index (κ2) is 9.24. The summed E-state index contributed by atoms with van der Waals surface area (Å²) in [5.74, 6) is -0.296. The molecule has 2 unspecified atom stereocenters. The van der Waals surface area contributed by atoms with Crippen molar-refractivity contribution in [1.29, 1.82) is 0 Å². The first kappa shape index (κ1) is 21.5. The summed E-state index contributed by atoms with van der Waals surface area (Å²) < 4.78 is 34.3. The highest BCUT2D eigenvalue weighted by Gasteiger charge is 2.44. The Morgan fingerprint density at radius 3 is 2.47 bits per heavy atom. The number of nitrogens with zero attached hydrogens (tertiary/aromatic N) is 1. The molecule has 2 saturated heterocycles. The molecule has 2 bridgehead atoms. The molecule has 32 heavy (non-hydrogen) atoms. The number of carbonyl (C=O) groups excluding carboxylic acids is 1. The largest absolute Gasteiger partial charge is 0.487 e. The fourth-order valence-electron chi connectivity index (χ4n) is 4.70. The average molecular weight is 472 g/mol. The van der Waals surface area contributed by atoms with Crippen molar-refractivity contribution in [3.63, 3.8) is 0 Å². The second-order valence-corrected chi connectivity index (χ2v) is 10.5. The standard InChI is InChI=1S/C25H23F2NO2S2/c26-18-7-10-23(22(27)12-18)30-21-13-19-8-9-20(14-21)28(19)25(29)17-5-3-16(4-6-17)15-32-24-2-1-11-31-24/h1-7,10-12,19-21H,8-9,13-15H2. The summed E-state index contributed by atoms with van der Waals surface area (Å²) in [6.07, 6.45) is 3.01. The minimum atomic E-state index is -0.687. The maximum atomic E-state index is 14.0. The Kier molecular flexibility index (Phi) is 6.20. The molecule has 0 aliphatic carbocycles. The molecule has 7 heteroatoms. The van der Waals surface area contributed by atoms with Crippen LogP contribution in [0.5, 0.6) is 5.75 Å². The topological polar surface area (TPSA) is 29.5 Å². The van der Waals surface area contributed by atoms with E-state index in [2.05, 4.69) is 11.4 Å². The first-order chi connectivity index (χ1) is 15.6. The number of piperidine rings is 1. The summed E-state index contributed by atoms with van der Waals surface area (Å²) in [5.41, 5.74) is 1.90. The molecule has 5 rings (SSSR count). The number of thioether (sulfide) groups is 1. The molecule has 3 aromatic rings. The predicted octanol–water partition coefficient (Wildman–Crippen LogP) is 6.53. The average Bonchev–Trinajstić information content (AvgIpc) is 3.40. The van der Waals surface area contributed by atoms with E-state index >= 15 is 0 Å². The lowest BCUT2D eigenvalue weighted by atomic mass is 9.98. The summed E-state index contributed by atoms with van der Waals surface area (Å²) in [7, 11) is 0. The minimum Gasteiger partial charge on any atom is -0.487 e. The third-order valence-electron chi connectivity index (χ3n) is 6.19. The van der Waals surface area contributed by atoms with Gasteiger partial charge in [-0.25, -0.2) is 8.78 Å². The second-order valence-electron chi connectivity index (χ2n) is 8.30. The van der Waals surface area contributed by atoms with Crippen LogP contribution in [0, 0.1) is 11.6 Å². The molecule has 2 aliphatic rings. The van der Waals surface area contributed by atoms with Crippen molar-refractivity contribution in [3.05, 3.63) is 82.7 Å². The van der Waals surface area contributed by atoms with Gasteiger partial charge in [-0.3, -0.25) is 4.79 Å². The lowest BCUT2D eigenvalue weighted by molar-refractivity contribution is 0.0349. The van der Waals surface area contributed by atoms with Crippen LogP contribution in [0.3, 0.4) is 0 Å². The van der Waals surface area contributed by atoms with Gasteiger partial charge in [0.05, 0.1) is 4.21 Å². The van der Waals surface area contributed by atoms with Gasteiger partial charge in [0.15, 0.2) is 11.6 Å². The number of benzene rings is 2. The van der Waals surface area contributed by atoms with E-state index in [1.54, 1.807) is 23.1 Å². The van der Waals surface area contributed by atoms with Crippen molar-refractivity contribution in [3.8, 4) is 5.75 Å². The number of ether oxygens (including phenoxy) is 1. The predicted molar refractivity (Wildman–Crippen MR) is 123 cm³/mol. The summed E-state index contributed by atoms with van der Waals surface area (Å²) in [5, 5.41) is 2.07. The van der Waals surface area contributed by atoms with Crippen LogP contribution in [0.25, 0.3) is 0 Å². The molecule has 3 nitrogen and oxygen atoms in total. The van der Waals surface area contributed by atoms with Gasteiger partial charge in [-0.05, 0) is 54.1 Å². The van der Waals surface area contributed by atoms with Gasteiger partial charge in [-0.15, -0.1) is 23.1 Å². The van der Waals surface area contributed by atoms with Crippen LogP contribution < -0.4 is 4.74 Å². The van der Waals surface area contributed by atoms with Gasteiger partial charge in [0.25, 0.3) is 5.91 Å². The van der Waals surface area contributed by atoms with Gasteiger partial charge in [0.1, 0.15) is 11.9 Å². The fraction of sp³-hybridized carbons (Fsp3) is 0.320. The zero-order valence-electron chi connectivity index (χ0n) is 17.4. The summed E-state index contributed by atoms with van der Waals surface area (Å²) in [6.45, 7) is 0. The third-order valence-corrected chi connectivity index (χ3v) is 8.39.